The van der Waals surface area contributed by atoms with E-state index in [1.54, 1.807) is 0 Å². The second-order valence-electron chi connectivity index (χ2n) is 38.3. The molecule has 0 unspecified atom stereocenters. The van der Waals surface area contributed by atoms with E-state index in [0.717, 1.165) is 183 Å². The quantitative estimate of drug-likeness (QED) is 0.00835. The van der Waals surface area contributed by atoms with E-state index >= 15 is 0 Å². The summed E-state index contributed by atoms with van der Waals surface area (Å²) in [4.78, 5) is 41.5. The first-order valence-corrected chi connectivity index (χ1v) is 57.1. The van der Waals surface area contributed by atoms with E-state index in [1.807, 2.05) is 13.7 Å². The van der Waals surface area contributed by atoms with E-state index in [9.17, 15) is 14.4 Å². The number of rotatable bonds is 110. The van der Waals surface area contributed by atoms with Gasteiger partial charge in [-0.05, 0) is 89.9 Å². The van der Waals surface area contributed by atoms with Crippen molar-refractivity contribution in [2.24, 2.45) is 17.2 Å². The second kappa shape index (κ2) is 122. The van der Waals surface area contributed by atoms with Crippen LogP contribution in [0.1, 0.15) is 504 Å². The predicted molar refractivity (Wildman–Crippen MR) is 565 cm³/mol. The van der Waals surface area contributed by atoms with Crippen LogP contribution in [0, 0.1) is 0 Å². The zero-order valence-corrected chi connectivity index (χ0v) is 88.2. The van der Waals surface area contributed by atoms with Crippen LogP contribution in [0.25, 0.3) is 0 Å². The number of isocyanates is 3. The molecular weight excluding hydrogens is 1610 g/mol. The van der Waals surface area contributed by atoms with Crippen LogP contribution in [-0.2, 0) is 28.6 Å². The van der Waals surface area contributed by atoms with Gasteiger partial charge in [-0.1, -0.05) is 400 Å². The van der Waals surface area contributed by atoms with Crippen molar-refractivity contribution in [1.82, 2.24) is 30.7 Å². The first-order chi connectivity index (χ1) is 64.3. The summed E-state index contributed by atoms with van der Waals surface area (Å²) in [7, 11) is 0. The molecule has 0 aromatic rings. The Morgan fingerprint density at radius 2 is 0.385 bits per heavy atom. The normalized spacial score (nSPS) is 11.6. The van der Waals surface area contributed by atoms with E-state index in [0.29, 0.717) is 39.8 Å². The van der Waals surface area contributed by atoms with Crippen molar-refractivity contribution >= 4 is 18.2 Å². The van der Waals surface area contributed by atoms with E-state index in [4.69, 9.17) is 31.4 Å². The molecule has 18 nitrogen and oxygen atoms in total. The molecule has 0 rings (SSSR count). The number of nitrogens with one attached hydrogen (secondary N) is 3. The Balaban J connectivity index is -0.00000188. The van der Waals surface area contributed by atoms with Crippen molar-refractivity contribution < 1.29 is 42.3 Å². The highest BCUT2D eigenvalue weighted by Crippen LogP contribution is 2.18. The minimum Gasteiger partial charge on any atom is -0.366 e. The summed E-state index contributed by atoms with van der Waals surface area (Å²) >= 11 is 0. The summed E-state index contributed by atoms with van der Waals surface area (Å²) in [6.07, 6.45) is 111. The summed E-state index contributed by atoms with van der Waals surface area (Å²) in [5.41, 5.74) is 17.5. The molecule has 0 heterocycles. The fourth-order valence-corrected chi connectivity index (χ4v) is 17.1. The summed E-state index contributed by atoms with van der Waals surface area (Å²) in [6, 6.07) is 0. The van der Waals surface area contributed by atoms with Gasteiger partial charge in [0.2, 0.25) is 0 Å². The standard InChI is InChI=1S/C44H87N4O2.C36H75N4O2.C32H67N4O2/c1-3-5-7-9-11-13-15-17-19-20-22-24-26-28-30-32-37-48(44-49)39-34-38-47(40-35-45)41-36-46-43-50-42-33-31-29-27-25-23-21-18-16-14-12-10-8-6-4-2;1-3-5-7-9-11-13-15-16-18-20-22-24-29-40(36-41)31-26-30-39(32-27-37)33-28-38-35-42-34-25-23-21-19-17-14-12-10-8-6-4-2;1-3-5-7-9-11-13-14-16-18-20-25-36(32-37)27-22-26-35(28-23-33)29-24-34-31-38-30-21-19-17-15-12-10-8-6-4-2/h17-19,21,46H,3-16,20,22-43,45H2,1-2H3;38H,3-35,37H2,1-2H3;34H,3-31,33H2,1-2H3/q3*+1/b19-17-,21-18-;;. The van der Waals surface area contributed by atoms with E-state index in [1.165, 1.54) is 417 Å². The fourth-order valence-electron chi connectivity index (χ4n) is 17.1. The molecule has 0 aliphatic heterocycles. The molecule has 0 atom stereocenters. The first-order valence-electron chi connectivity index (χ1n) is 57.1. The van der Waals surface area contributed by atoms with Crippen molar-refractivity contribution in [3.05, 3.63) is 24.3 Å². The highest BCUT2D eigenvalue weighted by molar-refractivity contribution is 5.25. The Morgan fingerprint density at radius 1 is 0.215 bits per heavy atom. The molecule has 770 valence electrons. The predicted octanol–water partition coefficient (Wildman–Crippen LogP) is 26.8. The molecular formula is C112H229N12O6+3. The minimum absolute atomic E-state index is 0.615. The van der Waals surface area contributed by atoms with Gasteiger partial charge in [0, 0.05) is 157 Å². The van der Waals surface area contributed by atoms with Gasteiger partial charge >= 0.3 is 18.2 Å². The third-order valence-corrected chi connectivity index (χ3v) is 25.7. The number of nitrogens with two attached hydrogens (primary N) is 3. The lowest BCUT2D eigenvalue weighted by atomic mass is 10.1. The maximum atomic E-state index is 11.5. The Bertz CT molecular complexity index is 2340. The maximum Gasteiger partial charge on any atom is 0.424 e. The van der Waals surface area contributed by atoms with E-state index < -0.39 is 0 Å². The molecule has 0 aliphatic rings. The monoisotopic (exact) mass is 1840 g/mol. The molecule has 0 aliphatic carbocycles. The molecule has 9 N–H and O–H groups in total. The van der Waals surface area contributed by atoms with Crippen molar-refractivity contribution in [3.63, 3.8) is 0 Å². The number of hydrogen-bond acceptors (Lipinski definition) is 15. The lowest BCUT2D eigenvalue weighted by Crippen LogP contribution is -2.37. The lowest BCUT2D eigenvalue weighted by molar-refractivity contribution is -0.526. The smallest absolute Gasteiger partial charge is 0.366 e. The average molecular weight is 1840 g/mol. The third kappa shape index (κ3) is 114. The molecule has 0 saturated heterocycles. The number of unbranched alkanes of at least 4 members (excludes halogenated alkanes) is 61. The Hall–Kier alpha value is -2.86. The first kappa shape index (κ1) is 131. The van der Waals surface area contributed by atoms with Gasteiger partial charge in [-0.15, -0.1) is 0 Å². The largest absolute Gasteiger partial charge is 0.424 e. The van der Waals surface area contributed by atoms with Gasteiger partial charge in [-0.2, -0.15) is 28.1 Å². The number of allylic oxidation sites excluding steroid dienone is 4. The molecule has 0 spiro atoms. The molecule has 130 heavy (non-hydrogen) atoms. The zero-order valence-electron chi connectivity index (χ0n) is 88.2. The van der Waals surface area contributed by atoms with Crippen LogP contribution < -0.4 is 33.2 Å². The van der Waals surface area contributed by atoms with Crippen molar-refractivity contribution in [1.29, 1.82) is 0 Å². The zero-order chi connectivity index (χ0) is 94.7. The maximum absolute atomic E-state index is 11.5. The lowest BCUT2D eigenvalue weighted by Gasteiger charge is -2.21. The van der Waals surface area contributed by atoms with Crippen molar-refractivity contribution in [3.8, 4) is 0 Å². The second-order valence-corrected chi connectivity index (χ2v) is 38.3. The molecule has 0 aromatic carbocycles. The van der Waals surface area contributed by atoms with Crippen LogP contribution in [-0.4, -0.2) is 224 Å². The van der Waals surface area contributed by atoms with Crippen LogP contribution in [0.5, 0.6) is 0 Å². The van der Waals surface area contributed by atoms with Gasteiger partial charge in [-0.3, -0.25) is 16.0 Å². The van der Waals surface area contributed by atoms with Crippen LogP contribution >= 0.6 is 0 Å². The van der Waals surface area contributed by atoms with Crippen LogP contribution in [0.2, 0.25) is 0 Å². The van der Waals surface area contributed by atoms with Gasteiger partial charge < -0.3 is 46.1 Å². The summed E-state index contributed by atoms with van der Waals surface area (Å²) in [6.45, 7) is 36.1. The van der Waals surface area contributed by atoms with Gasteiger partial charge in [0.15, 0.2) is 39.3 Å². The number of ether oxygens (including phenoxy) is 3. The van der Waals surface area contributed by atoms with Crippen LogP contribution in [0.4, 0.5) is 0 Å². The molecule has 18 heteroatoms. The molecule has 0 aromatic heterocycles. The van der Waals surface area contributed by atoms with Crippen molar-refractivity contribution in [2.75, 3.05) is 177 Å². The molecule has 0 fully saturated rings. The fraction of sp³-hybridized carbons (Fsp3) is 0.938. The summed E-state index contributed by atoms with van der Waals surface area (Å²) < 4.78 is 22.9. The van der Waals surface area contributed by atoms with Gasteiger partial charge in [0.25, 0.3) is 0 Å². The van der Waals surface area contributed by atoms with Crippen LogP contribution in [0.15, 0.2) is 24.3 Å². The third-order valence-electron chi connectivity index (χ3n) is 25.7. The molecule has 0 amide bonds. The number of hydrogen-bond donors (Lipinski definition) is 6. The molecule has 0 saturated carbocycles. The Morgan fingerprint density at radius 3 is 0.569 bits per heavy atom. The Labute approximate surface area is 809 Å². The summed E-state index contributed by atoms with van der Waals surface area (Å²) in [5.74, 6) is 0. The van der Waals surface area contributed by atoms with Gasteiger partial charge in [-0.25, -0.2) is 0 Å². The summed E-state index contributed by atoms with van der Waals surface area (Å²) in [5, 5.41) is 10.2. The Kier molecular flexibility index (Phi) is 123. The van der Waals surface area contributed by atoms with Gasteiger partial charge in [0.1, 0.15) is 0 Å². The highest BCUT2D eigenvalue weighted by Gasteiger charge is 2.14. The topological polar surface area (TPSA) is 212 Å². The van der Waals surface area contributed by atoms with E-state index in [2.05, 4.69) is 115 Å². The van der Waals surface area contributed by atoms with Gasteiger partial charge in [0.05, 0.1) is 20.2 Å². The van der Waals surface area contributed by atoms with E-state index in [-0.39, 0.29) is 0 Å². The number of nitrogens with zero attached hydrogens (tertiary/aromatic N) is 6. The molecule has 0 bridgehead atoms. The van der Waals surface area contributed by atoms with Crippen LogP contribution in [0.3, 0.4) is 0 Å². The SMILES string of the molecule is CCCCCCCC/C=C\CCCCCCCC[N+](=C=O)CCCN(CCN)CCNCOCCCCCCC/C=C\CCCCCCCC.CCCCCCCCCCCCCC[N+](=C=O)CCCN(CCN)CCNCOCCCCCCCCCCCCC.CCCCCCCCCCCC[N+](=C=O)CCCN(CCN)CCNCOCCCCCCCCCCC. The average Bonchev–Trinajstić information content (AvgIpc) is 0.990. The molecule has 0 radical (unpaired) electrons. The minimum atomic E-state index is 0.615. The highest BCUT2D eigenvalue weighted by atomic mass is 16.5. The van der Waals surface area contributed by atoms with Crippen molar-refractivity contribution in [2.45, 2.75) is 504 Å². The number of carbonyl (C=O) groups excluding carboxylic acids is 3.